The van der Waals surface area contributed by atoms with Gasteiger partial charge in [0.1, 0.15) is 18.0 Å². The van der Waals surface area contributed by atoms with E-state index in [9.17, 15) is 14.4 Å². The molecule has 0 atom stereocenters. The number of aryl methyl sites for hydroxylation is 1. The van der Waals surface area contributed by atoms with Gasteiger partial charge in [-0.05, 0) is 40.5 Å². The maximum atomic E-state index is 13.8. The van der Waals surface area contributed by atoms with Gasteiger partial charge < -0.3 is 9.64 Å². The molecule has 0 N–H and O–H groups in total. The van der Waals surface area contributed by atoms with Gasteiger partial charge in [0.15, 0.2) is 5.75 Å². The summed E-state index contributed by atoms with van der Waals surface area (Å²) in [6.45, 7) is 3.32. The SMILES string of the molecule is Cc1cnc(N2CCC(Oc3cc(=O)n(-c4ccc(Br)c(F)c4)nc3C#N)CC2)nc1. The Morgan fingerprint density at radius 3 is 2.58 bits per heavy atom. The van der Waals surface area contributed by atoms with Crippen molar-refractivity contribution < 1.29 is 9.13 Å². The number of piperidine rings is 1. The minimum atomic E-state index is -0.533. The molecule has 0 amide bonds. The van der Waals surface area contributed by atoms with E-state index < -0.39 is 11.4 Å². The first kappa shape index (κ1) is 20.9. The number of hydrogen-bond donors (Lipinski definition) is 0. The Morgan fingerprint density at radius 1 is 1.23 bits per heavy atom. The van der Waals surface area contributed by atoms with Crippen LogP contribution in [0.15, 0.2) is 45.9 Å². The molecule has 0 radical (unpaired) electrons. The summed E-state index contributed by atoms with van der Waals surface area (Å²) in [4.78, 5) is 23.3. The molecule has 0 unspecified atom stereocenters. The normalized spacial score (nSPS) is 14.3. The van der Waals surface area contributed by atoms with Gasteiger partial charge in [-0.25, -0.2) is 14.4 Å². The van der Waals surface area contributed by atoms with Gasteiger partial charge >= 0.3 is 0 Å². The van der Waals surface area contributed by atoms with E-state index in [1.54, 1.807) is 12.4 Å². The summed E-state index contributed by atoms with van der Waals surface area (Å²) >= 11 is 3.07. The molecule has 1 aliphatic rings. The van der Waals surface area contributed by atoms with Crippen LogP contribution >= 0.6 is 15.9 Å². The third kappa shape index (κ3) is 4.56. The van der Waals surface area contributed by atoms with Gasteiger partial charge in [-0.15, -0.1) is 5.10 Å². The summed E-state index contributed by atoms with van der Waals surface area (Å²) in [6.07, 6.45) is 4.76. The van der Waals surface area contributed by atoms with Crippen molar-refractivity contribution >= 4 is 21.9 Å². The van der Waals surface area contributed by atoms with Crippen molar-refractivity contribution in [3.05, 3.63) is 68.6 Å². The molecule has 8 nitrogen and oxygen atoms in total. The second-order valence-electron chi connectivity index (χ2n) is 7.18. The van der Waals surface area contributed by atoms with Gasteiger partial charge in [-0.2, -0.15) is 9.94 Å². The summed E-state index contributed by atoms with van der Waals surface area (Å²) in [5, 5.41) is 13.6. The van der Waals surface area contributed by atoms with Crippen LogP contribution in [0.4, 0.5) is 10.3 Å². The van der Waals surface area contributed by atoms with E-state index >= 15 is 0 Å². The van der Waals surface area contributed by atoms with E-state index in [4.69, 9.17) is 4.74 Å². The van der Waals surface area contributed by atoms with Gasteiger partial charge in [-0.3, -0.25) is 4.79 Å². The number of nitrogens with zero attached hydrogens (tertiary/aromatic N) is 6. The van der Waals surface area contributed by atoms with Gasteiger partial charge in [0.25, 0.3) is 5.56 Å². The lowest BCUT2D eigenvalue weighted by atomic mass is 10.1. The van der Waals surface area contributed by atoms with Crippen LogP contribution in [-0.2, 0) is 0 Å². The molecule has 1 aromatic carbocycles. The second-order valence-corrected chi connectivity index (χ2v) is 8.04. The molecule has 10 heteroatoms. The third-order valence-electron chi connectivity index (χ3n) is 4.94. The Balaban J connectivity index is 1.50. The van der Waals surface area contributed by atoms with Crippen LogP contribution in [0.5, 0.6) is 5.75 Å². The number of hydrogen-bond acceptors (Lipinski definition) is 7. The van der Waals surface area contributed by atoms with Gasteiger partial charge in [-0.1, -0.05) is 0 Å². The Kier molecular flexibility index (Phi) is 5.95. The maximum absolute atomic E-state index is 13.8. The van der Waals surface area contributed by atoms with Crippen molar-refractivity contribution in [2.45, 2.75) is 25.9 Å². The molecule has 1 fully saturated rings. The van der Waals surface area contributed by atoms with Crippen LogP contribution in [0.3, 0.4) is 0 Å². The molecule has 1 saturated heterocycles. The van der Waals surface area contributed by atoms with Crippen LogP contribution in [0.1, 0.15) is 24.1 Å². The van der Waals surface area contributed by atoms with Gasteiger partial charge in [0.2, 0.25) is 11.6 Å². The average Bonchev–Trinajstić information content (AvgIpc) is 2.77. The lowest BCUT2D eigenvalue weighted by Gasteiger charge is -2.32. The summed E-state index contributed by atoms with van der Waals surface area (Å²) in [5.74, 6) is 0.272. The highest BCUT2D eigenvalue weighted by atomic mass is 79.9. The molecular formula is C21H18BrFN6O2. The van der Waals surface area contributed by atoms with Crippen LogP contribution in [0, 0.1) is 24.1 Å². The predicted octanol–water partition coefficient (Wildman–Crippen LogP) is 3.15. The third-order valence-corrected chi connectivity index (χ3v) is 5.58. The lowest BCUT2D eigenvalue weighted by Crippen LogP contribution is -2.39. The molecule has 0 bridgehead atoms. The van der Waals surface area contributed by atoms with E-state index in [1.165, 1.54) is 24.3 Å². The molecule has 0 saturated carbocycles. The minimum Gasteiger partial charge on any atom is -0.487 e. The highest BCUT2D eigenvalue weighted by molar-refractivity contribution is 9.10. The van der Waals surface area contributed by atoms with Crippen LogP contribution in [-0.4, -0.2) is 38.9 Å². The largest absolute Gasteiger partial charge is 0.487 e. The molecule has 2 aromatic heterocycles. The zero-order chi connectivity index (χ0) is 22.0. The first-order valence-corrected chi connectivity index (χ1v) is 10.4. The fraction of sp³-hybridized carbons (Fsp3) is 0.286. The Bertz CT molecular complexity index is 1200. The van der Waals surface area contributed by atoms with E-state index in [1.807, 2.05) is 13.0 Å². The highest BCUT2D eigenvalue weighted by Crippen LogP contribution is 2.23. The van der Waals surface area contributed by atoms with E-state index in [-0.39, 0.29) is 27.7 Å². The second kappa shape index (κ2) is 8.81. The molecule has 0 spiro atoms. The molecule has 31 heavy (non-hydrogen) atoms. The van der Waals surface area contributed by atoms with Gasteiger partial charge in [0, 0.05) is 44.4 Å². The number of nitriles is 1. The standard InChI is InChI=1S/C21H18BrFN6O2/c1-13-11-25-21(26-12-13)28-6-4-15(5-7-28)31-19-9-20(30)29(27-18(19)10-24)14-2-3-16(22)17(23)8-14/h2-3,8-9,11-12,15H,4-7H2,1H3. The number of ether oxygens (including phenoxy) is 1. The summed E-state index contributed by atoms with van der Waals surface area (Å²) in [5.41, 5.74) is 0.674. The molecule has 3 aromatic rings. The van der Waals surface area contributed by atoms with Crippen LogP contribution < -0.4 is 15.2 Å². The number of benzene rings is 1. The first-order chi connectivity index (χ1) is 14.9. The Hall–Kier alpha value is -3.32. The van der Waals surface area contributed by atoms with Crippen molar-refractivity contribution in [1.82, 2.24) is 19.7 Å². The topological polar surface area (TPSA) is 96.9 Å². The van der Waals surface area contributed by atoms with Crippen molar-refractivity contribution in [2.24, 2.45) is 0 Å². The monoisotopic (exact) mass is 484 g/mol. The van der Waals surface area contributed by atoms with E-state index in [0.717, 1.165) is 10.2 Å². The number of rotatable bonds is 4. The van der Waals surface area contributed by atoms with Gasteiger partial charge in [0.05, 0.1) is 16.2 Å². The van der Waals surface area contributed by atoms with E-state index in [2.05, 4.69) is 35.9 Å². The summed E-state index contributed by atoms with van der Waals surface area (Å²) in [7, 11) is 0. The predicted molar refractivity (Wildman–Crippen MR) is 115 cm³/mol. The number of anilines is 1. The molecule has 4 rings (SSSR count). The number of halogens is 2. The van der Waals surface area contributed by atoms with Crippen LogP contribution in [0.2, 0.25) is 0 Å². The highest BCUT2D eigenvalue weighted by Gasteiger charge is 2.24. The van der Waals surface area contributed by atoms with Crippen LogP contribution in [0.25, 0.3) is 5.69 Å². The zero-order valence-electron chi connectivity index (χ0n) is 16.6. The molecule has 158 valence electrons. The molecule has 3 heterocycles. The van der Waals surface area contributed by atoms with Crippen molar-refractivity contribution in [3.8, 4) is 17.5 Å². The molecular weight excluding hydrogens is 467 g/mol. The van der Waals surface area contributed by atoms with Crippen molar-refractivity contribution in [1.29, 1.82) is 5.26 Å². The number of aromatic nitrogens is 4. The van der Waals surface area contributed by atoms with E-state index in [0.29, 0.717) is 31.9 Å². The first-order valence-electron chi connectivity index (χ1n) is 9.65. The summed E-state index contributed by atoms with van der Waals surface area (Å²) in [6, 6.07) is 7.36. The Morgan fingerprint density at radius 2 is 1.94 bits per heavy atom. The smallest absolute Gasteiger partial charge is 0.275 e. The molecule has 0 aliphatic carbocycles. The quantitative estimate of drug-likeness (QED) is 0.560. The molecule has 1 aliphatic heterocycles. The lowest BCUT2D eigenvalue weighted by molar-refractivity contribution is 0.168. The zero-order valence-corrected chi connectivity index (χ0v) is 18.2. The minimum absolute atomic E-state index is 0.0350. The average molecular weight is 485 g/mol. The van der Waals surface area contributed by atoms with Crippen molar-refractivity contribution in [3.63, 3.8) is 0 Å². The Labute approximate surface area is 186 Å². The summed E-state index contributed by atoms with van der Waals surface area (Å²) < 4.78 is 21.1. The van der Waals surface area contributed by atoms with Crippen molar-refractivity contribution in [2.75, 3.05) is 18.0 Å². The fourth-order valence-electron chi connectivity index (χ4n) is 3.31. The fourth-order valence-corrected chi connectivity index (χ4v) is 3.56. The maximum Gasteiger partial charge on any atom is 0.275 e.